The van der Waals surface area contributed by atoms with E-state index in [1.165, 1.54) is 0 Å². The minimum Gasteiger partial charge on any atom is -0.352 e. The number of nitrogens with zero attached hydrogens (tertiary/aromatic N) is 1. The van der Waals surface area contributed by atoms with Crippen molar-refractivity contribution in [3.8, 4) is 0 Å². The molecular formula is C19H27N3O2. The van der Waals surface area contributed by atoms with Crippen LogP contribution in [0.5, 0.6) is 0 Å². The fraction of sp³-hybridized carbons (Fsp3) is 0.579. The molecule has 2 fully saturated rings. The Morgan fingerprint density at radius 3 is 2.71 bits per heavy atom. The summed E-state index contributed by atoms with van der Waals surface area (Å²) in [5.41, 5.74) is 1.31. The maximum Gasteiger partial charge on any atom is 0.251 e. The Morgan fingerprint density at radius 2 is 2.00 bits per heavy atom. The zero-order valence-electron chi connectivity index (χ0n) is 14.4. The zero-order valence-corrected chi connectivity index (χ0v) is 14.4. The molecule has 2 N–H and O–H groups in total. The molecule has 0 spiro atoms. The van der Waals surface area contributed by atoms with Crippen molar-refractivity contribution in [2.75, 3.05) is 32.0 Å². The van der Waals surface area contributed by atoms with E-state index in [4.69, 9.17) is 0 Å². The van der Waals surface area contributed by atoms with Gasteiger partial charge in [-0.05, 0) is 57.0 Å². The van der Waals surface area contributed by atoms with Gasteiger partial charge in [-0.25, -0.2) is 0 Å². The van der Waals surface area contributed by atoms with Crippen LogP contribution in [0.3, 0.4) is 0 Å². The van der Waals surface area contributed by atoms with Gasteiger partial charge < -0.3 is 15.5 Å². The van der Waals surface area contributed by atoms with Gasteiger partial charge in [-0.3, -0.25) is 9.59 Å². The largest absolute Gasteiger partial charge is 0.352 e. The first-order chi connectivity index (χ1) is 11.6. The van der Waals surface area contributed by atoms with Crippen molar-refractivity contribution in [2.24, 2.45) is 11.8 Å². The van der Waals surface area contributed by atoms with E-state index in [1.807, 2.05) is 12.1 Å². The molecule has 2 aliphatic rings. The molecule has 2 amide bonds. The minimum absolute atomic E-state index is 0.0680. The fourth-order valence-corrected chi connectivity index (χ4v) is 3.70. The van der Waals surface area contributed by atoms with Crippen molar-refractivity contribution in [1.29, 1.82) is 0 Å². The number of hydrogen-bond donors (Lipinski definition) is 2. The van der Waals surface area contributed by atoms with Crippen LogP contribution in [-0.2, 0) is 4.79 Å². The molecule has 24 heavy (non-hydrogen) atoms. The molecule has 1 saturated heterocycles. The topological polar surface area (TPSA) is 61.4 Å². The van der Waals surface area contributed by atoms with Crippen LogP contribution in [-0.4, -0.2) is 43.4 Å². The van der Waals surface area contributed by atoms with Crippen LogP contribution in [0.15, 0.2) is 24.3 Å². The standard InChI is InChI=1S/C19H27N3O2/c1-22-10-9-14(13-22)12-20-18(23)16-7-4-8-17(11-16)21-19(24)15-5-2-3-6-15/h4,7-8,11,14-15H,2-3,5-6,9-10,12-13H2,1H3,(H,20,23)(H,21,24). The molecule has 0 radical (unpaired) electrons. The maximum absolute atomic E-state index is 12.3. The molecule has 1 aromatic rings. The van der Waals surface area contributed by atoms with Crippen molar-refractivity contribution in [1.82, 2.24) is 10.2 Å². The first-order valence-electron chi connectivity index (χ1n) is 8.99. The second kappa shape index (κ2) is 7.79. The molecule has 1 aromatic carbocycles. The third kappa shape index (κ3) is 4.35. The molecule has 0 bridgehead atoms. The quantitative estimate of drug-likeness (QED) is 0.872. The number of hydrogen-bond acceptors (Lipinski definition) is 3. The van der Waals surface area contributed by atoms with Gasteiger partial charge in [0.05, 0.1) is 0 Å². The highest BCUT2D eigenvalue weighted by molar-refractivity contribution is 5.97. The average Bonchev–Trinajstić information content (AvgIpc) is 3.24. The predicted octanol–water partition coefficient (Wildman–Crippen LogP) is 2.50. The Hall–Kier alpha value is -1.88. The fourth-order valence-electron chi connectivity index (χ4n) is 3.70. The lowest BCUT2D eigenvalue weighted by Crippen LogP contribution is -2.30. The van der Waals surface area contributed by atoms with Crippen LogP contribution in [0.25, 0.3) is 0 Å². The van der Waals surface area contributed by atoms with Gasteiger partial charge in [-0.15, -0.1) is 0 Å². The first kappa shape index (κ1) is 17.0. The number of nitrogens with one attached hydrogen (secondary N) is 2. The highest BCUT2D eigenvalue weighted by Gasteiger charge is 2.23. The van der Waals surface area contributed by atoms with Crippen molar-refractivity contribution in [3.63, 3.8) is 0 Å². The van der Waals surface area contributed by atoms with Gasteiger partial charge in [0.1, 0.15) is 0 Å². The van der Waals surface area contributed by atoms with Gasteiger partial charge in [-0.2, -0.15) is 0 Å². The molecule has 1 heterocycles. The first-order valence-corrected chi connectivity index (χ1v) is 8.99. The number of anilines is 1. The summed E-state index contributed by atoms with van der Waals surface area (Å²) in [4.78, 5) is 26.8. The zero-order chi connectivity index (χ0) is 16.9. The summed E-state index contributed by atoms with van der Waals surface area (Å²) in [5, 5.41) is 5.98. The van der Waals surface area contributed by atoms with Gasteiger partial charge >= 0.3 is 0 Å². The molecule has 1 saturated carbocycles. The summed E-state index contributed by atoms with van der Waals surface area (Å²) in [5.74, 6) is 0.673. The monoisotopic (exact) mass is 329 g/mol. The second-order valence-corrected chi connectivity index (χ2v) is 7.18. The van der Waals surface area contributed by atoms with E-state index < -0.39 is 0 Å². The van der Waals surface area contributed by atoms with E-state index in [1.54, 1.807) is 12.1 Å². The van der Waals surface area contributed by atoms with Crippen LogP contribution in [0.4, 0.5) is 5.69 Å². The van der Waals surface area contributed by atoms with E-state index in [9.17, 15) is 9.59 Å². The lowest BCUT2D eigenvalue weighted by Gasteiger charge is -2.13. The molecule has 1 aliphatic carbocycles. The molecule has 130 valence electrons. The Labute approximate surface area is 143 Å². The summed E-state index contributed by atoms with van der Waals surface area (Å²) in [6.45, 7) is 2.85. The Bertz CT molecular complexity index is 596. The Balaban J connectivity index is 1.53. The summed E-state index contributed by atoms with van der Waals surface area (Å²) < 4.78 is 0. The number of amides is 2. The third-order valence-corrected chi connectivity index (χ3v) is 5.16. The number of rotatable bonds is 5. The Kier molecular flexibility index (Phi) is 5.51. The summed E-state index contributed by atoms with van der Waals surface area (Å²) in [6, 6.07) is 7.22. The Morgan fingerprint density at radius 1 is 1.21 bits per heavy atom. The molecule has 0 aromatic heterocycles. The van der Waals surface area contributed by atoms with Crippen molar-refractivity contribution in [2.45, 2.75) is 32.1 Å². The van der Waals surface area contributed by atoms with Crippen molar-refractivity contribution in [3.05, 3.63) is 29.8 Å². The van der Waals surface area contributed by atoms with Crippen LogP contribution in [0.1, 0.15) is 42.5 Å². The lowest BCUT2D eigenvalue weighted by atomic mass is 10.1. The van der Waals surface area contributed by atoms with Gasteiger partial charge in [0.15, 0.2) is 0 Å². The van der Waals surface area contributed by atoms with Gasteiger partial charge in [-0.1, -0.05) is 18.9 Å². The number of carbonyl (C=O) groups excluding carboxylic acids is 2. The van der Waals surface area contributed by atoms with Crippen molar-refractivity contribution >= 4 is 17.5 Å². The maximum atomic E-state index is 12.3. The smallest absolute Gasteiger partial charge is 0.251 e. The normalized spacial score (nSPS) is 21.8. The molecule has 1 aliphatic heterocycles. The molecule has 3 rings (SSSR count). The van der Waals surface area contributed by atoms with E-state index in [0.717, 1.165) is 45.2 Å². The number of benzene rings is 1. The van der Waals surface area contributed by atoms with Gasteiger partial charge in [0.2, 0.25) is 5.91 Å². The molecule has 5 heteroatoms. The van der Waals surface area contributed by atoms with Gasteiger partial charge in [0.25, 0.3) is 5.91 Å². The van der Waals surface area contributed by atoms with E-state index in [2.05, 4.69) is 22.6 Å². The number of carbonyl (C=O) groups is 2. The van der Waals surface area contributed by atoms with Crippen LogP contribution < -0.4 is 10.6 Å². The molecular weight excluding hydrogens is 302 g/mol. The summed E-state index contributed by atoms with van der Waals surface area (Å²) in [7, 11) is 2.11. The summed E-state index contributed by atoms with van der Waals surface area (Å²) >= 11 is 0. The number of likely N-dealkylation sites (tertiary alicyclic amines) is 1. The second-order valence-electron chi connectivity index (χ2n) is 7.18. The minimum atomic E-state index is -0.0680. The summed E-state index contributed by atoms with van der Waals surface area (Å²) in [6.07, 6.45) is 5.35. The average molecular weight is 329 g/mol. The van der Waals surface area contributed by atoms with E-state index >= 15 is 0 Å². The molecule has 1 atom stereocenters. The van der Waals surface area contributed by atoms with Crippen LogP contribution in [0.2, 0.25) is 0 Å². The van der Waals surface area contributed by atoms with Crippen molar-refractivity contribution < 1.29 is 9.59 Å². The molecule has 1 unspecified atom stereocenters. The lowest BCUT2D eigenvalue weighted by molar-refractivity contribution is -0.119. The molecule has 5 nitrogen and oxygen atoms in total. The predicted molar refractivity (Wildman–Crippen MR) is 95.0 cm³/mol. The highest BCUT2D eigenvalue weighted by Crippen LogP contribution is 2.26. The SMILES string of the molecule is CN1CCC(CNC(=O)c2cccc(NC(=O)C3CCCC3)c2)C1. The van der Waals surface area contributed by atoms with Gasteiger partial charge in [0, 0.05) is 30.3 Å². The third-order valence-electron chi connectivity index (χ3n) is 5.16. The van der Waals surface area contributed by atoms with E-state index in [0.29, 0.717) is 23.7 Å². The van der Waals surface area contributed by atoms with E-state index in [-0.39, 0.29) is 17.7 Å². The van der Waals surface area contributed by atoms with Crippen LogP contribution >= 0.6 is 0 Å². The highest BCUT2D eigenvalue weighted by atomic mass is 16.2. The van der Waals surface area contributed by atoms with Crippen LogP contribution in [0, 0.1) is 11.8 Å².